The number of ketones is 2. The van der Waals surface area contributed by atoms with Gasteiger partial charge >= 0.3 is 0 Å². The molecule has 0 saturated heterocycles. The third-order valence-electron chi connectivity index (χ3n) is 7.03. The molecule has 4 aromatic rings. The van der Waals surface area contributed by atoms with Gasteiger partial charge in [0.05, 0.1) is 38.3 Å². The minimum Gasteiger partial charge on any atom is -0.289 e. The van der Waals surface area contributed by atoms with E-state index in [1.807, 2.05) is 0 Å². The lowest BCUT2D eigenvalue weighted by Crippen LogP contribution is -2.19. The van der Waals surface area contributed by atoms with Gasteiger partial charge < -0.3 is 0 Å². The SMILES string of the molecule is CCCS(=O)(=O)Nc1ccc(F)c(C(=O)C2=CC=C(C(=O)c3c(Cl)cccc3Cl)Cc3ncc(-c4ccc(Cl)cc4)cc32)c1F. The van der Waals surface area contributed by atoms with Gasteiger partial charge in [-0.2, -0.15) is 0 Å². The summed E-state index contributed by atoms with van der Waals surface area (Å²) in [5.41, 5.74) is 0.251. The maximum absolute atomic E-state index is 15.7. The van der Waals surface area contributed by atoms with Crippen molar-refractivity contribution in [1.29, 1.82) is 0 Å². The van der Waals surface area contributed by atoms with Gasteiger partial charge in [0.15, 0.2) is 17.4 Å². The van der Waals surface area contributed by atoms with Gasteiger partial charge in [0.25, 0.3) is 0 Å². The van der Waals surface area contributed by atoms with E-state index < -0.39 is 44.5 Å². The molecule has 0 radical (unpaired) electrons. The monoisotopic (exact) mass is 686 g/mol. The minimum absolute atomic E-state index is 0.0544. The topological polar surface area (TPSA) is 93.2 Å². The molecule has 0 aliphatic heterocycles. The van der Waals surface area contributed by atoms with Crippen LogP contribution in [-0.4, -0.2) is 30.7 Å². The molecule has 0 saturated carbocycles. The minimum atomic E-state index is -3.96. The number of halogens is 5. The van der Waals surface area contributed by atoms with Gasteiger partial charge in [-0.1, -0.05) is 66.0 Å². The summed E-state index contributed by atoms with van der Waals surface area (Å²) in [6, 6.07) is 14.8. The molecular weight excluding hydrogens is 665 g/mol. The first kappa shape index (κ1) is 32.5. The Labute approximate surface area is 273 Å². The Bertz CT molecular complexity index is 2010. The Balaban J connectivity index is 1.67. The molecular formula is C33H23Cl3F2N2O4S. The van der Waals surface area contributed by atoms with Crippen LogP contribution < -0.4 is 4.72 Å². The fourth-order valence-electron chi connectivity index (χ4n) is 4.87. The van der Waals surface area contributed by atoms with Gasteiger partial charge in [-0.05, 0) is 60.5 Å². The van der Waals surface area contributed by atoms with Gasteiger partial charge in [0, 0.05) is 39.9 Å². The molecule has 0 bridgehead atoms. The number of nitrogens with one attached hydrogen (secondary N) is 1. The lowest BCUT2D eigenvalue weighted by atomic mass is 9.92. The number of fused-ring (bicyclic) bond motifs is 1. The van der Waals surface area contributed by atoms with Gasteiger partial charge in [-0.3, -0.25) is 19.3 Å². The number of aromatic nitrogens is 1. The molecule has 230 valence electrons. The van der Waals surface area contributed by atoms with Crippen LogP contribution in [0.15, 0.2) is 84.6 Å². The van der Waals surface area contributed by atoms with Crippen LogP contribution in [-0.2, 0) is 16.4 Å². The largest absolute Gasteiger partial charge is 0.289 e. The number of carbonyl (C=O) groups is 2. The molecule has 1 aromatic heterocycles. The molecule has 12 heteroatoms. The lowest BCUT2D eigenvalue weighted by molar-refractivity contribution is 0.102. The van der Waals surface area contributed by atoms with Crippen molar-refractivity contribution in [2.24, 2.45) is 0 Å². The summed E-state index contributed by atoms with van der Waals surface area (Å²) in [7, 11) is -3.96. The molecule has 1 aliphatic rings. The molecule has 5 rings (SSSR count). The predicted octanol–water partition coefficient (Wildman–Crippen LogP) is 8.77. The Morgan fingerprint density at radius 3 is 2.24 bits per heavy atom. The van der Waals surface area contributed by atoms with Crippen LogP contribution in [0.25, 0.3) is 16.7 Å². The van der Waals surface area contributed by atoms with Crippen molar-refractivity contribution in [3.05, 3.63) is 134 Å². The van der Waals surface area contributed by atoms with Crippen LogP contribution in [0.4, 0.5) is 14.5 Å². The highest BCUT2D eigenvalue weighted by atomic mass is 35.5. The van der Waals surface area contributed by atoms with Crippen LogP contribution in [0.5, 0.6) is 0 Å². The summed E-state index contributed by atoms with van der Waals surface area (Å²) in [5.74, 6) is -4.49. The first-order chi connectivity index (χ1) is 21.4. The molecule has 0 fully saturated rings. The standard InChI is InChI=1S/C33H23Cl3F2N2O4S/c1-2-14-45(43,44)40-27-13-12-26(37)30(31(27)38)33(42)22-11-8-19(32(41)29-24(35)4-3-5-25(29)36)16-28-23(22)15-20(17-39-28)18-6-9-21(34)10-7-18/h3-13,15,17,40H,2,14,16H2,1H3. The van der Waals surface area contributed by atoms with E-state index in [0.29, 0.717) is 16.1 Å². The van der Waals surface area contributed by atoms with Crippen molar-refractivity contribution < 1.29 is 26.8 Å². The van der Waals surface area contributed by atoms with Gasteiger partial charge in [0.2, 0.25) is 10.0 Å². The summed E-state index contributed by atoms with van der Waals surface area (Å²) in [6.45, 7) is 1.63. The molecule has 45 heavy (non-hydrogen) atoms. The third kappa shape index (κ3) is 6.87. The number of carbonyl (C=O) groups excluding carboxylic acids is 2. The zero-order chi connectivity index (χ0) is 32.5. The van der Waals surface area contributed by atoms with Crippen molar-refractivity contribution in [2.75, 3.05) is 10.5 Å². The molecule has 1 aliphatic carbocycles. The lowest BCUT2D eigenvalue weighted by Gasteiger charge is -2.15. The average molecular weight is 688 g/mol. The zero-order valence-corrected chi connectivity index (χ0v) is 26.6. The average Bonchev–Trinajstić information content (AvgIpc) is 3.18. The highest BCUT2D eigenvalue weighted by Gasteiger charge is 2.30. The van der Waals surface area contributed by atoms with E-state index in [1.165, 1.54) is 24.3 Å². The van der Waals surface area contributed by atoms with Crippen molar-refractivity contribution in [1.82, 2.24) is 4.98 Å². The number of rotatable bonds is 9. The van der Waals surface area contributed by atoms with Crippen LogP contribution in [0.2, 0.25) is 15.1 Å². The second-order valence-corrected chi connectivity index (χ2v) is 13.2. The van der Waals surface area contributed by atoms with E-state index >= 15 is 8.78 Å². The number of sulfonamides is 1. The second kappa shape index (κ2) is 13.2. The highest BCUT2D eigenvalue weighted by Crippen LogP contribution is 2.35. The molecule has 0 amide bonds. The Kier molecular flexibility index (Phi) is 9.55. The quantitative estimate of drug-likeness (QED) is 0.178. The van der Waals surface area contributed by atoms with E-state index in [-0.39, 0.29) is 56.6 Å². The number of nitrogens with zero attached hydrogens (tertiary/aromatic N) is 1. The summed E-state index contributed by atoms with van der Waals surface area (Å²) in [5, 5.41) is 0.745. The maximum atomic E-state index is 15.7. The van der Waals surface area contributed by atoms with Crippen molar-refractivity contribution in [3.63, 3.8) is 0 Å². The van der Waals surface area contributed by atoms with E-state index in [1.54, 1.807) is 49.5 Å². The molecule has 0 atom stereocenters. The number of benzene rings is 3. The number of anilines is 1. The number of hydrogen-bond donors (Lipinski definition) is 1. The Morgan fingerprint density at radius 1 is 0.889 bits per heavy atom. The molecule has 6 nitrogen and oxygen atoms in total. The van der Waals surface area contributed by atoms with Gasteiger partial charge in [-0.15, -0.1) is 0 Å². The maximum Gasteiger partial charge on any atom is 0.232 e. The van der Waals surface area contributed by atoms with Crippen LogP contribution in [0.3, 0.4) is 0 Å². The molecule has 0 unspecified atom stereocenters. The number of Topliss-reactive ketones (excluding diaryl/α,β-unsaturated/α-hetero) is 2. The van der Waals surface area contributed by atoms with Crippen molar-refractivity contribution >= 4 is 67.7 Å². The Morgan fingerprint density at radius 2 is 1.58 bits per heavy atom. The smallest absolute Gasteiger partial charge is 0.232 e. The van der Waals surface area contributed by atoms with Crippen molar-refractivity contribution in [2.45, 2.75) is 19.8 Å². The highest BCUT2D eigenvalue weighted by molar-refractivity contribution is 7.92. The molecule has 0 spiro atoms. The van der Waals surface area contributed by atoms with E-state index in [4.69, 9.17) is 34.8 Å². The summed E-state index contributed by atoms with van der Waals surface area (Å²) >= 11 is 18.6. The van der Waals surface area contributed by atoms with E-state index in [9.17, 15) is 18.0 Å². The molecule has 1 heterocycles. The van der Waals surface area contributed by atoms with Gasteiger partial charge in [0.1, 0.15) is 5.82 Å². The van der Waals surface area contributed by atoms with E-state index in [2.05, 4.69) is 9.71 Å². The third-order valence-corrected chi connectivity index (χ3v) is 9.39. The van der Waals surface area contributed by atoms with Crippen LogP contribution in [0, 0.1) is 11.6 Å². The van der Waals surface area contributed by atoms with Gasteiger partial charge in [-0.25, -0.2) is 17.2 Å². The first-order valence-corrected chi connectivity index (χ1v) is 16.4. The van der Waals surface area contributed by atoms with Crippen LogP contribution >= 0.6 is 34.8 Å². The van der Waals surface area contributed by atoms with Crippen LogP contribution in [0.1, 0.15) is 45.3 Å². The summed E-state index contributed by atoms with van der Waals surface area (Å²) in [4.78, 5) is 32.2. The summed E-state index contributed by atoms with van der Waals surface area (Å²) < 4.78 is 57.7. The number of pyridine rings is 1. The normalized spacial score (nSPS) is 12.9. The number of allylic oxidation sites excluding steroid dienone is 4. The molecule has 3 aromatic carbocycles. The fourth-order valence-corrected chi connectivity index (χ4v) is 6.70. The molecule has 1 N–H and O–H groups in total. The second-order valence-electron chi connectivity index (χ2n) is 10.1. The summed E-state index contributed by atoms with van der Waals surface area (Å²) in [6.07, 6.45) is 4.38. The van der Waals surface area contributed by atoms with Crippen molar-refractivity contribution in [3.8, 4) is 11.1 Å². The van der Waals surface area contributed by atoms with E-state index in [0.717, 1.165) is 12.1 Å². The Hall–Kier alpha value is -3.89. The first-order valence-electron chi connectivity index (χ1n) is 13.6. The fraction of sp³-hybridized carbons (Fsp3) is 0.121. The zero-order valence-electron chi connectivity index (χ0n) is 23.5. The predicted molar refractivity (Wildman–Crippen MR) is 174 cm³/mol. The number of hydrogen-bond acceptors (Lipinski definition) is 5.